The molecule has 0 spiro atoms. The van der Waals surface area contributed by atoms with Gasteiger partial charge in [-0.3, -0.25) is 4.98 Å². The molecule has 2 aliphatic rings. The van der Waals surface area contributed by atoms with Crippen molar-refractivity contribution < 1.29 is 24.4 Å². The van der Waals surface area contributed by atoms with E-state index in [1.165, 1.54) is 6.33 Å². The summed E-state index contributed by atoms with van der Waals surface area (Å²) in [6, 6.07) is 7.12. The molecule has 198 valence electrons. The molecule has 0 saturated carbocycles. The lowest BCUT2D eigenvalue weighted by Crippen LogP contribution is -2.31. The highest BCUT2D eigenvalue weighted by atomic mass is 16.8. The van der Waals surface area contributed by atoms with Gasteiger partial charge in [0.05, 0.1) is 23.8 Å². The van der Waals surface area contributed by atoms with Crippen LogP contribution in [0.4, 0.5) is 5.82 Å². The third-order valence-electron chi connectivity index (χ3n) is 7.09. The average molecular weight is 519 g/mol. The Labute approximate surface area is 219 Å². The molecular formula is C27H30N6O5. The minimum Gasteiger partial charge on any atom is -0.508 e. The molecule has 0 radical (unpaired) electrons. The molecular weight excluding hydrogens is 488 g/mol. The lowest BCUT2D eigenvalue weighted by molar-refractivity contribution is -0.199. The zero-order valence-electron chi connectivity index (χ0n) is 21.6. The number of fused-ring (bicyclic) bond motifs is 3. The van der Waals surface area contributed by atoms with E-state index in [9.17, 15) is 10.2 Å². The van der Waals surface area contributed by atoms with Gasteiger partial charge in [0, 0.05) is 37.4 Å². The van der Waals surface area contributed by atoms with Crippen LogP contribution in [-0.2, 0) is 20.8 Å². The van der Waals surface area contributed by atoms with Crippen LogP contribution in [0.1, 0.15) is 31.2 Å². The zero-order valence-corrected chi connectivity index (χ0v) is 21.6. The Morgan fingerprint density at radius 1 is 1.13 bits per heavy atom. The van der Waals surface area contributed by atoms with Crippen molar-refractivity contribution in [2.75, 3.05) is 13.7 Å². The molecule has 0 unspecified atom stereocenters. The first-order valence-electron chi connectivity index (χ1n) is 12.5. The van der Waals surface area contributed by atoms with Crippen molar-refractivity contribution in [3.8, 4) is 5.75 Å². The summed E-state index contributed by atoms with van der Waals surface area (Å²) in [6.45, 7) is 6.20. The van der Waals surface area contributed by atoms with Crippen LogP contribution in [0.2, 0.25) is 0 Å². The molecule has 2 fully saturated rings. The molecule has 38 heavy (non-hydrogen) atoms. The predicted molar refractivity (Wildman–Crippen MR) is 140 cm³/mol. The van der Waals surface area contributed by atoms with Gasteiger partial charge in [-0.15, -0.1) is 0 Å². The van der Waals surface area contributed by atoms with Gasteiger partial charge < -0.3 is 33.9 Å². The second-order valence-electron chi connectivity index (χ2n) is 10.2. The molecule has 1 aromatic carbocycles. The van der Waals surface area contributed by atoms with E-state index in [4.69, 9.17) is 14.2 Å². The van der Waals surface area contributed by atoms with Gasteiger partial charge in [0.15, 0.2) is 17.8 Å². The monoisotopic (exact) mass is 518 g/mol. The van der Waals surface area contributed by atoms with Crippen LogP contribution in [0.3, 0.4) is 0 Å². The number of phenolic OH excluding ortho intramolecular Hbond substituents is 1. The maximum absolute atomic E-state index is 9.83. The first-order chi connectivity index (χ1) is 18.2. The Kier molecular flexibility index (Phi) is 6.03. The number of phenols is 1. The van der Waals surface area contributed by atoms with Gasteiger partial charge in [0.2, 0.25) is 0 Å². The molecule has 0 aliphatic carbocycles. The summed E-state index contributed by atoms with van der Waals surface area (Å²) in [7, 11) is 1.94. The molecule has 4 aromatic rings. The summed E-state index contributed by atoms with van der Waals surface area (Å²) in [4.78, 5) is 20.0. The van der Waals surface area contributed by atoms with Crippen molar-refractivity contribution >= 4 is 34.1 Å². The molecule has 4 atom stereocenters. The molecule has 0 bridgehead atoms. The summed E-state index contributed by atoms with van der Waals surface area (Å²) >= 11 is 0. The van der Waals surface area contributed by atoms with Crippen LogP contribution in [-0.4, -0.2) is 78.7 Å². The van der Waals surface area contributed by atoms with E-state index in [2.05, 4.69) is 26.9 Å². The number of aromatic nitrogens is 4. The molecule has 3 aromatic heterocycles. The summed E-state index contributed by atoms with van der Waals surface area (Å²) in [6.07, 6.45) is 5.17. The largest absolute Gasteiger partial charge is 0.508 e. The van der Waals surface area contributed by atoms with Gasteiger partial charge in [-0.1, -0.05) is 0 Å². The van der Waals surface area contributed by atoms with E-state index < -0.39 is 18.1 Å². The lowest BCUT2D eigenvalue weighted by Gasteiger charge is -2.24. The molecule has 2 aliphatic heterocycles. The fraction of sp³-hybridized carbons (Fsp3) is 0.407. The number of aliphatic hydroxyl groups excluding tert-OH is 1. The standard InChI is InChI=1S/C27H30N6O5/c1-15-16(10-28-20-9-17(35)5-6-18(15)20)11-32(4)14-31-24-19-7-8-33(25(19)30-13-29-24)26-23-22(21(12-34)36-26)37-27(2,3)38-23/h5-10,13-14,21-23,26,34-35H,11-12H2,1-4H3/t21-,22-,23-,26-/m1/s1. The van der Waals surface area contributed by atoms with E-state index in [0.29, 0.717) is 18.0 Å². The molecule has 11 heteroatoms. The number of nitrogens with zero attached hydrogens (tertiary/aromatic N) is 6. The van der Waals surface area contributed by atoms with Gasteiger partial charge in [-0.2, -0.15) is 0 Å². The number of benzene rings is 1. The molecule has 5 heterocycles. The Balaban J connectivity index is 1.24. The number of aliphatic imine (C=N–C) groups is 1. The first-order valence-corrected chi connectivity index (χ1v) is 12.5. The Hall–Kier alpha value is -3.64. The van der Waals surface area contributed by atoms with Gasteiger partial charge >= 0.3 is 0 Å². The van der Waals surface area contributed by atoms with E-state index in [1.54, 1.807) is 18.5 Å². The fourth-order valence-electron chi connectivity index (χ4n) is 5.28. The summed E-state index contributed by atoms with van der Waals surface area (Å²) in [5.74, 6) is -0.0304. The Morgan fingerprint density at radius 3 is 2.76 bits per heavy atom. The number of pyridine rings is 1. The summed E-state index contributed by atoms with van der Waals surface area (Å²) < 4.78 is 20.1. The second kappa shape index (κ2) is 9.28. The van der Waals surface area contributed by atoms with E-state index >= 15 is 0 Å². The Morgan fingerprint density at radius 2 is 1.95 bits per heavy atom. The van der Waals surface area contributed by atoms with Gasteiger partial charge in [0.25, 0.3) is 0 Å². The van der Waals surface area contributed by atoms with Crippen molar-refractivity contribution in [2.24, 2.45) is 4.99 Å². The number of ether oxygens (including phenoxy) is 3. The van der Waals surface area contributed by atoms with Gasteiger partial charge in [0.1, 0.15) is 36.0 Å². The quantitative estimate of drug-likeness (QED) is 0.292. The summed E-state index contributed by atoms with van der Waals surface area (Å²) in [5, 5.41) is 21.3. The molecule has 11 nitrogen and oxygen atoms in total. The van der Waals surface area contributed by atoms with Crippen LogP contribution in [0.15, 0.2) is 48.0 Å². The van der Waals surface area contributed by atoms with Crippen LogP contribution in [0.5, 0.6) is 5.75 Å². The lowest BCUT2D eigenvalue weighted by atomic mass is 10.0. The Bertz CT molecular complexity index is 1540. The number of aromatic hydroxyl groups is 1. The highest BCUT2D eigenvalue weighted by molar-refractivity contribution is 5.87. The minimum atomic E-state index is -0.760. The topological polar surface area (TPSA) is 127 Å². The summed E-state index contributed by atoms with van der Waals surface area (Å²) in [5.41, 5.74) is 3.58. The average Bonchev–Trinajstić information content (AvgIpc) is 3.55. The first kappa shape index (κ1) is 24.7. The second-order valence-corrected chi connectivity index (χ2v) is 10.2. The normalized spacial score (nSPS) is 24.6. The van der Waals surface area contributed by atoms with Crippen LogP contribution >= 0.6 is 0 Å². The van der Waals surface area contributed by atoms with Crippen molar-refractivity contribution in [3.05, 3.63) is 54.1 Å². The molecule has 2 saturated heterocycles. The minimum absolute atomic E-state index is 0.165. The number of hydrogen-bond acceptors (Lipinski definition) is 9. The van der Waals surface area contributed by atoms with Crippen molar-refractivity contribution in [3.63, 3.8) is 0 Å². The maximum Gasteiger partial charge on any atom is 0.166 e. The maximum atomic E-state index is 9.83. The molecule has 0 amide bonds. The van der Waals surface area contributed by atoms with Crippen molar-refractivity contribution in [2.45, 2.75) is 57.6 Å². The third kappa shape index (κ3) is 4.27. The number of aryl methyl sites for hydroxylation is 1. The van der Waals surface area contributed by atoms with E-state index in [-0.39, 0.29) is 24.6 Å². The number of rotatable bonds is 6. The zero-order chi connectivity index (χ0) is 26.6. The molecule has 6 rings (SSSR count). The highest BCUT2D eigenvalue weighted by Gasteiger charge is 2.55. The van der Waals surface area contributed by atoms with E-state index in [1.807, 2.05) is 54.9 Å². The van der Waals surface area contributed by atoms with Crippen molar-refractivity contribution in [1.82, 2.24) is 24.4 Å². The van der Waals surface area contributed by atoms with E-state index in [0.717, 1.165) is 27.4 Å². The van der Waals surface area contributed by atoms with Crippen LogP contribution in [0, 0.1) is 6.92 Å². The SMILES string of the molecule is Cc1c(CN(C)C=Nc2ncnc3c2ccn3[C@@H]2O[C@H](CO)[C@H]3OC(C)(C)O[C@H]32)cnc2cc(O)ccc12. The van der Waals surface area contributed by atoms with Gasteiger partial charge in [-0.25, -0.2) is 15.0 Å². The number of hydrogen-bond donors (Lipinski definition) is 2. The van der Waals surface area contributed by atoms with Crippen LogP contribution in [0.25, 0.3) is 21.9 Å². The molecule has 2 N–H and O–H groups in total. The van der Waals surface area contributed by atoms with Crippen molar-refractivity contribution in [1.29, 1.82) is 0 Å². The third-order valence-corrected chi connectivity index (χ3v) is 7.09. The van der Waals surface area contributed by atoms with Crippen LogP contribution < -0.4 is 0 Å². The number of aliphatic hydroxyl groups is 1. The smallest absolute Gasteiger partial charge is 0.166 e. The predicted octanol–water partition coefficient (Wildman–Crippen LogP) is 3.20. The van der Waals surface area contributed by atoms with Gasteiger partial charge in [-0.05, 0) is 50.1 Å². The highest BCUT2D eigenvalue weighted by Crippen LogP contribution is 2.44. The fourth-order valence-corrected chi connectivity index (χ4v) is 5.28.